The van der Waals surface area contributed by atoms with Crippen LogP contribution in [0, 0.1) is 6.92 Å². The predicted octanol–water partition coefficient (Wildman–Crippen LogP) is 5.89. The second kappa shape index (κ2) is 8.64. The van der Waals surface area contributed by atoms with Gasteiger partial charge in [0.15, 0.2) is 5.78 Å². The highest BCUT2D eigenvalue weighted by molar-refractivity contribution is 6.31. The van der Waals surface area contributed by atoms with E-state index in [4.69, 9.17) is 11.6 Å². The van der Waals surface area contributed by atoms with Gasteiger partial charge in [0.25, 0.3) is 0 Å². The van der Waals surface area contributed by atoms with Gasteiger partial charge in [-0.15, -0.1) is 0 Å². The van der Waals surface area contributed by atoms with Crippen LogP contribution in [-0.4, -0.2) is 17.3 Å². The van der Waals surface area contributed by atoms with E-state index in [0.29, 0.717) is 12.1 Å². The molecular formula is C25H23ClN2O. The van der Waals surface area contributed by atoms with Crippen LogP contribution in [0.15, 0.2) is 79.0 Å². The molecule has 1 atom stereocenters. The van der Waals surface area contributed by atoms with Gasteiger partial charge >= 0.3 is 0 Å². The van der Waals surface area contributed by atoms with E-state index in [1.807, 2.05) is 79.9 Å². The number of benzene rings is 3. The van der Waals surface area contributed by atoms with Crippen molar-refractivity contribution in [3.05, 3.63) is 106 Å². The first-order chi connectivity index (χ1) is 14.1. The fourth-order valence-electron chi connectivity index (χ4n) is 3.59. The van der Waals surface area contributed by atoms with E-state index in [-0.39, 0.29) is 5.78 Å². The van der Waals surface area contributed by atoms with Crippen LogP contribution in [0.5, 0.6) is 0 Å². The van der Waals surface area contributed by atoms with Gasteiger partial charge < -0.3 is 10.3 Å². The largest absolute Gasteiger partial charge is 0.360 e. The number of para-hydroxylation sites is 1. The van der Waals surface area contributed by atoms with Crippen molar-refractivity contribution in [2.24, 2.45) is 0 Å². The van der Waals surface area contributed by atoms with Crippen LogP contribution in [0.4, 0.5) is 0 Å². The summed E-state index contributed by atoms with van der Waals surface area (Å²) in [5.41, 5.74) is 4.86. The Morgan fingerprint density at radius 2 is 1.79 bits per heavy atom. The maximum atomic E-state index is 13.5. The molecule has 2 N–H and O–H groups in total. The third-order valence-corrected chi connectivity index (χ3v) is 5.66. The zero-order valence-electron chi connectivity index (χ0n) is 16.3. The number of carbonyl (C=O) groups excluding carboxylic acids is 1. The van der Waals surface area contributed by atoms with Crippen molar-refractivity contribution in [2.45, 2.75) is 19.4 Å². The first-order valence-corrected chi connectivity index (χ1v) is 10.1. The van der Waals surface area contributed by atoms with Crippen LogP contribution >= 0.6 is 11.6 Å². The Morgan fingerprint density at radius 1 is 1.03 bits per heavy atom. The summed E-state index contributed by atoms with van der Waals surface area (Å²) in [5, 5.41) is 5.19. The normalized spacial score (nSPS) is 12.2. The molecule has 0 spiro atoms. The average molecular weight is 403 g/mol. The number of aromatic nitrogens is 1. The first-order valence-electron chi connectivity index (χ1n) is 9.77. The molecule has 4 rings (SSSR count). The van der Waals surface area contributed by atoms with E-state index >= 15 is 0 Å². The summed E-state index contributed by atoms with van der Waals surface area (Å²) in [4.78, 5) is 16.7. The zero-order chi connectivity index (χ0) is 20.2. The Bertz CT molecular complexity index is 1130. The molecule has 0 aliphatic heterocycles. The van der Waals surface area contributed by atoms with Gasteiger partial charge in [0.2, 0.25) is 0 Å². The van der Waals surface area contributed by atoms with E-state index < -0.39 is 6.04 Å². The lowest BCUT2D eigenvalue weighted by Gasteiger charge is -2.18. The number of aryl methyl sites for hydroxylation is 1. The number of hydrogen-bond donors (Lipinski definition) is 2. The number of hydrogen-bond acceptors (Lipinski definition) is 2. The molecule has 4 aromatic rings. The van der Waals surface area contributed by atoms with Crippen molar-refractivity contribution < 1.29 is 4.79 Å². The summed E-state index contributed by atoms with van der Waals surface area (Å²) in [6, 6.07) is 23.5. The minimum atomic E-state index is -0.406. The first kappa shape index (κ1) is 19.4. The van der Waals surface area contributed by atoms with E-state index in [1.165, 1.54) is 0 Å². The summed E-state index contributed by atoms with van der Waals surface area (Å²) in [5.74, 6) is 0.0654. The van der Waals surface area contributed by atoms with Crippen molar-refractivity contribution in [2.75, 3.05) is 6.54 Å². The lowest BCUT2D eigenvalue weighted by Crippen LogP contribution is -2.30. The molecule has 3 nitrogen and oxygen atoms in total. The molecule has 0 aliphatic rings. The van der Waals surface area contributed by atoms with Gasteiger partial charge in [0, 0.05) is 34.2 Å². The average Bonchev–Trinajstić information content (AvgIpc) is 3.18. The lowest BCUT2D eigenvalue weighted by molar-refractivity contribution is 0.0945. The number of H-pyrrole nitrogens is 1. The molecule has 0 saturated carbocycles. The van der Waals surface area contributed by atoms with Gasteiger partial charge in [-0.05, 0) is 42.2 Å². The Kier molecular flexibility index (Phi) is 5.79. The summed E-state index contributed by atoms with van der Waals surface area (Å²) >= 11 is 6.25. The fourth-order valence-corrected chi connectivity index (χ4v) is 3.79. The summed E-state index contributed by atoms with van der Waals surface area (Å²) in [6.45, 7) is 2.67. The molecule has 0 unspecified atom stereocenters. The van der Waals surface area contributed by atoms with Gasteiger partial charge in [-0.2, -0.15) is 0 Å². The molecule has 0 aliphatic carbocycles. The summed E-state index contributed by atoms with van der Waals surface area (Å²) in [7, 11) is 0. The Balaban J connectivity index is 1.57. The van der Waals surface area contributed by atoms with Gasteiger partial charge in [0.05, 0.1) is 6.04 Å². The van der Waals surface area contributed by atoms with Gasteiger partial charge in [-0.3, -0.25) is 4.79 Å². The van der Waals surface area contributed by atoms with Crippen LogP contribution in [0.25, 0.3) is 10.9 Å². The van der Waals surface area contributed by atoms with Crippen LogP contribution < -0.4 is 5.32 Å². The number of fused-ring (bicyclic) bond motifs is 1. The van der Waals surface area contributed by atoms with Crippen LogP contribution in [0.1, 0.15) is 33.1 Å². The molecular weight excluding hydrogens is 380 g/mol. The molecule has 0 amide bonds. The van der Waals surface area contributed by atoms with Crippen LogP contribution in [0.2, 0.25) is 5.02 Å². The number of nitrogens with one attached hydrogen (secondary N) is 2. The highest BCUT2D eigenvalue weighted by Crippen LogP contribution is 2.25. The minimum absolute atomic E-state index is 0.0654. The predicted molar refractivity (Wildman–Crippen MR) is 120 cm³/mol. The molecule has 0 radical (unpaired) electrons. The van der Waals surface area contributed by atoms with Crippen LogP contribution in [-0.2, 0) is 6.42 Å². The second-order valence-corrected chi connectivity index (χ2v) is 7.65. The van der Waals surface area contributed by atoms with Crippen LogP contribution in [0.3, 0.4) is 0 Å². The maximum absolute atomic E-state index is 13.5. The highest BCUT2D eigenvalue weighted by atomic mass is 35.5. The number of carbonyl (C=O) groups is 1. The molecule has 4 heteroatoms. The third-order valence-electron chi connectivity index (χ3n) is 5.25. The second-order valence-electron chi connectivity index (χ2n) is 7.24. The number of ketones is 1. The Labute approximate surface area is 175 Å². The van der Waals surface area contributed by atoms with E-state index in [9.17, 15) is 4.79 Å². The summed E-state index contributed by atoms with van der Waals surface area (Å²) in [6.07, 6.45) is 2.61. The number of halogens is 1. The molecule has 146 valence electrons. The Morgan fingerprint density at radius 3 is 2.59 bits per heavy atom. The topological polar surface area (TPSA) is 44.9 Å². The SMILES string of the molecule is Cc1ccc(CCN[C@H](C(=O)c2c[nH]c3ccccc23)c2ccccc2)cc1Cl. The third kappa shape index (κ3) is 4.26. The molecule has 0 bridgehead atoms. The molecule has 1 heterocycles. The van der Waals surface area contributed by atoms with Crippen molar-refractivity contribution in [1.82, 2.24) is 10.3 Å². The summed E-state index contributed by atoms with van der Waals surface area (Å²) < 4.78 is 0. The number of rotatable bonds is 7. The number of Topliss-reactive ketones (excluding diaryl/α,β-unsaturated/α-hetero) is 1. The maximum Gasteiger partial charge on any atom is 0.186 e. The quantitative estimate of drug-likeness (QED) is 0.379. The van der Waals surface area contributed by atoms with E-state index in [0.717, 1.165) is 39.0 Å². The van der Waals surface area contributed by atoms with Crippen molar-refractivity contribution >= 4 is 28.3 Å². The van der Waals surface area contributed by atoms with Crippen molar-refractivity contribution in [1.29, 1.82) is 0 Å². The molecule has 3 aromatic carbocycles. The standard InChI is InChI=1S/C25H23ClN2O/c1-17-11-12-18(15-22(17)26)13-14-27-24(19-7-3-2-4-8-19)25(29)21-16-28-23-10-6-5-9-20(21)23/h2-12,15-16,24,27-28H,13-14H2,1H3/t24-/m0/s1. The minimum Gasteiger partial charge on any atom is -0.360 e. The number of aromatic amines is 1. The highest BCUT2D eigenvalue weighted by Gasteiger charge is 2.23. The molecule has 29 heavy (non-hydrogen) atoms. The van der Waals surface area contributed by atoms with Gasteiger partial charge in [0.1, 0.15) is 0 Å². The monoisotopic (exact) mass is 402 g/mol. The molecule has 0 fully saturated rings. The molecule has 1 aromatic heterocycles. The van der Waals surface area contributed by atoms with E-state index in [2.05, 4.69) is 16.4 Å². The van der Waals surface area contributed by atoms with Crippen molar-refractivity contribution in [3.8, 4) is 0 Å². The molecule has 0 saturated heterocycles. The Hall–Kier alpha value is -2.88. The smallest absolute Gasteiger partial charge is 0.186 e. The van der Waals surface area contributed by atoms with E-state index in [1.54, 1.807) is 0 Å². The van der Waals surface area contributed by atoms with Gasteiger partial charge in [-0.1, -0.05) is 72.3 Å². The fraction of sp³-hybridized carbons (Fsp3) is 0.160. The van der Waals surface area contributed by atoms with Gasteiger partial charge in [-0.25, -0.2) is 0 Å². The van der Waals surface area contributed by atoms with Crippen molar-refractivity contribution in [3.63, 3.8) is 0 Å². The lowest BCUT2D eigenvalue weighted by atomic mass is 9.96. The zero-order valence-corrected chi connectivity index (χ0v) is 17.0.